The molecule has 0 fully saturated rings. The summed E-state index contributed by atoms with van der Waals surface area (Å²) in [6.07, 6.45) is 4.72. The highest BCUT2D eigenvalue weighted by Crippen LogP contribution is 2.24. The monoisotopic (exact) mass is 438 g/mol. The van der Waals surface area contributed by atoms with Crippen molar-refractivity contribution in [2.75, 3.05) is 6.54 Å². The van der Waals surface area contributed by atoms with E-state index in [4.69, 9.17) is 0 Å². The van der Waals surface area contributed by atoms with E-state index in [2.05, 4.69) is 16.6 Å². The van der Waals surface area contributed by atoms with Crippen LogP contribution in [0.15, 0.2) is 75.8 Å². The van der Waals surface area contributed by atoms with Gasteiger partial charge in [-0.2, -0.15) is 0 Å². The maximum Gasteiger partial charge on any atom is 0.261 e. The van der Waals surface area contributed by atoms with Crippen LogP contribution in [0.2, 0.25) is 0 Å². The van der Waals surface area contributed by atoms with Crippen LogP contribution in [0.1, 0.15) is 56.6 Å². The van der Waals surface area contributed by atoms with Crippen LogP contribution in [0.3, 0.4) is 0 Å². The van der Waals surface area contributed by atoms with Gasteiger partial charge in [-0.05, 0) is 25.5 Å². The van der Waals surface area contributed by atoms with E-state index in [0.29, 0.717) is 36.4 Å². The van der Waals surface area contributed by atoms with Gasteiger partial charge in [0, 0.05) is 30.6 Å². The first-order valence-electron chi connectivity index (χ1n) is 10.9. The number of dihydropyridines is 1. The van der Waals surface area contributed by atoms with E-state index in [9.17, 15) is 13.2 Å². The zero-order valence-electron chi connectivity index (χ0n) is 18.2. The van der Waals surface area contributed by atoms with Gasteiger partial charge in [-0.3, -0.25) is 14.5 Å². The molecular weight excluding hydrogens is 408 g/mol. The van der Waals surface area contributed by atoms with E-state index in [0.717, 1.165) is 36.8 Å². The molecule has 0 atom stereocenters. The van der Waals surface area contributed by atoms with Crippen LogP contribution in [-0.4, -0.2) is 26.5 Å². The van der Waals surface area contributed by atoms with E-state index in [1.165, 1.54) is 0 Å². The van der Waals surface area contributed by atoms with Gasteiger partial charge in [0.15, 0.2) is 5.78 Å². The zero-order valence-corrected chi connectivity index (χ0v) is 19.0. The lowest BCUT2D eigenvalue weighted by atomic mass is 9.91. The van der Waals surface area contributed by atoms with Crippen molar-refractivity contribution in [3.63, 3.8) is 0 Å². The smallest absolute Gasteiger partial charge is 0.261 e. The first kappa shape index (κ1) is 22.9. The minimum absolute atomic E-state index is 0.0555. The molecule has 31 heavy (non-hydrogen) atoms. The van der Waals surface area contributed by atoms with Crippen molar-refractivity contribution < 1.29 is 13.2 Å². The molecule has 0 saturated heterocycles. The Bertz CT molecular complexity index is 1070. The highest BCUT2D eigenvalue weighted by atomic mass is 32.2. The normalized spacial score (nSPS) is 14.3. The van der Waals surface area contributed by atoms with Gasteiger partial charge in [-0.15, -0.1) is 0 Å². The number of aliphatic imine (C=N–C) groups is 1. The van der Waals surface area contributed by atoms with E-state index in [1.54, 1.807) is 24.3 Å². The summed E-state index contributed by atoms with van der Waals surface area (Å²) in [7, 11) is -3.79. The second-order valence-corrected chi connectivity index (χ2v) is 9.53. The first-order valence-corrected chi connectivity index (χ1v) is 12.4. The van der Waals surface area contributed by atoms with E-state index in [-0.39, 0.29) is 10.7 Å². The number of sulfonamides is 1. The predicted molar refractivity (Wildman–Crippen MR) is 125 cm³/mol. The Morgan fingerprint density at radius 1 is 1.00 bits per heavy atom. The summed E-state index contributed by atoms with van der Waals surface area (Å²) >= 11 is 0. The summed E-state index contributed by atoms with van der Waals surface area (Å²) in [6, 6.07) is 16.2. The zero-order chi connectivity index (χ0) is 22.3. The molecule has 0 aliphatic carbocycles. The molecule has 0 bridgehead atoms. The second-order valence-electron chi connectivity index (χ2n) is 7.85. The Kier molecular flexibility index (Phi) is 7.80. The van der Waals surface area contributed by atoms with Crippen LogP contribution in [0, 0.1) is 6.92 Å². The lowest BCUT2D eigenvalue weighted by Crippen LogP contribution is -2.31. The Morgan fingerprint density at radius 2 is 1.71 bits per heavy atom. The lowest BCUT2D eigenvalue weighted by molar-refractivity contribution is -0.115. The number of nitrogens with one attached hydrogen (secondary N) is 1. The molecule has 3 rings (SSSR count). The number of rotatable bonds is 10. The van der Waals surface area contributed by atoms with Crippen molar-refractivity contribution in [2.24, 2.45) is 4.99 Å². The quantitative estimate of drug-likeness (QED) is 0.533. The molecular formula is C25H30N2O3S. The van der Waals surface area contributed by atoms with Crippen LogP contribution in [0.5, 0.6) is 0 Å². The number of hydrogen-bond acceptors (Lipinski definition) is 4. The molecule has 0 radical (unpaired) electrons. The number of hydrogen-bond donors (Lipinski definition) is 1. The van der Waals surface area contributed by atoms with Crippen molar-refractivity contribution in [3.05, 3.63) is 77.0 Å². The number of benzene rings is 2. The van der Waals surface area contributed by atoms with Crippen LogP contribution >= 0.6 is 0 Å². The molecule has 0 spiro atoms. The maximum atomic E-state index is 13.2. The predicted octanol–water partition coefficient (Wildman–Crippen LogP) is 4.96. The summed E-state index contributed by atoms with van der Waals surface area (Å²) in [4.78, 5) is 18.0. The van der Waals surface area contributed by atoms with Crippen molar-refractivity contribution >= 4 is 21.5 Å². The summed E-state index contributed by atoms with van der Waals surface area (Å²) in [5, 5.41) is 0. The van der Waals surface area contributed by atoms with Gasteiger partial charge in [0.1, 0.15) is 0 Å². The SMILES string of the molecule is CCCCCCC(=O)C1=C(NS(=O)(=O)c2ccc(C)cc2)CCN=C1c1ccccc1. The molecule has 1 aliphatic heterocycles. The third kappa shape index (κ3) is 5.91. The maximum absolute atomic E-state index is 13.2. The van der Waals surface area contributed by atoms with E-state index >= 15 is 0 Å². The molecule has 5 nitrogen and oxygen atoms in total. The Balaban J connectivity index is 1.96. The fourth-order valence-corrected chi connectivity index (χ4v) is 4.78. The Hall–Kier alpha value is -2.73. The molecule has 0 unspecified atom stereocenters. The van der Waals surface area contributed by atoms with Crippen molar-refractivity contribution in [3.8, 4) is 0 Å². The molecule has 6 heteroatoms. The summed E-state index contributed by atoms with van der Waals surface area (Å²) in [6.45, 7) is 4.47. The summed E-state index contributed by atoms with van der Waals surface area (Å²) < 4.78 is 28.8. The third-order valence-corrected chi connectivity index (χ3v) is 6.75. The second kappa shape index (κ2) is 10.5. The number of nitrogens with zero attached hydrogens (tertiary/aromatic N) is 1. The first-order chi connectivity index (χ1) is 14.9. The fraction of sp³-hybridized carbons (Fsp3) is 0.360. The molecule has 164 valence electrons. The molecule has 2 aromatic carbocycles. The van der Waals surface area contributed by atoms with Gasteiger partial charge in [-0.25, -0.2) is 8.42 Å². The number of Topliss-reactive ketones (excluding diaryl/α,β-unsaturated/α-hetero) is 1. The van der Waals surface area contributed by atoms with Crippen LogP contribution in [0.4, 0.5) is 0 Å². The van der Waals surface area contributed by atoms with Crippen molar-refractivity contribution in [1.82, 2.24) is 4.72 Å². The summed E-state index contributed by atoms with van der Waals surface area (Å²) in [5.41, 5.74) is 3.23. The van der Waals surface area contributed by atoms with Crippen LogP contribution in [-0.2, 0) is 14.8 Å². The molecule has 1 aliphatic rings. The Morgan fingerprint density at radius 3 is 2.39 bits per heavy atom. The third-order valence-electron chi connectivity index (χ3n) is 5.34. The molecule has 2 aromatic rings. The van der Waals surface area contributed by atoms with Crippen LogP contribution < -0.4 is 4.72 Å². The molecule has 1 N–H and O–H groups in total. The largest absolute Gasteiger partial charge is 0.294 e. The lowest BCUT2D eigenvalue weighted by Gasteiger charge is -2.22. The van der Waals surface area contributed by atoms with Gasteiger partial charge in [0.2, 0.25) is 0 Å². The number of allylic oxidation sites excluding steroid dienone is 1. The average Bonchev–Trinajstić information content (AvgIpc) is 2.77. The van der Waals surface area contributed by atoms with Gasteiger partial charge < -0.3 is 0 Å². The van der Waals surface area contributed by atoms with Crippen molar-refractivity contribution in [1.29, 1.82) is 0 Å². The molecule has 0 amide bonds. The highest BCUT2D eigenvalue weighted by molar-refractivity contribution is 7.89. The topological polar surface area (TPSA) is 75.6 Å². The number of aryl methyl sites for hydroxylation is 1. The van der Waals surface area contributed by atoms with E-state index in [1.807, 2.05) is 37.3 Å². The summed E-state index contributed by atoms with van der Waals surface area (Å²) in [5.74, 6) is -0.0555. The van der Waals surface area contributed by atoms with Gasteiger partial charge in [0.05, 0.1) is 16.2 Å². The standard InChI is InChI=1S/C25H30N2O3S/c1-3-4-5-9-12-23(28)24-22(17-18-26-25(24)20-10-7-6-8-11-20)27-31(29,30)21-15-13-19(2)14-16-21/h6-8,10-11,13-16,27H,3-5,9,12,17-18H2,1-2H3. The molecule has 0 saturated carbocycles. The van der Waals surface area contributed by atoms with E-state index < -0.39 is 10.0 Å². The van der Waals surface area contributed by atoms with Gasteiger partial charge in [0.25, 0.3) is 10.0 Å². The average molecular weight is 439 g/mol. The Labute approximate surface area is 185 Å². The number of ketones is 1. The van der Waals surface area contributed by atoms with Crippen LogP contribution in [0.25, 0.3) is 0 Å². The minimum atomic E-state index is -3.79. The van der Waals surface area contributed by atoms with Gasteiger partial charge in [-0.1, -0.05) is 74.2 Å². The van der Waals surface area contributed by atoms with Gasteiger partial charge >= 0.3 is 0 Å². The number of unbranched alkanes of at least 4 members (excludes halogenated alkanes) is 3. The molecule has 0 aromatic heterocycles. The minimum Gasteiger partial charge on any atom is -0.294 e. The highest BCUT2D eigenvalue weighted by Gasteiger charge is 2.27. The van der Waals surface area contributed by atoms with Crippen molar-refractivity contribution in [2.45, 2.75) is 57.3 Å². The number of carbonyl (C=O) groups is 1. The molecule has 1 heterocycles. The fourth-order valence-electron chi connectivity index (χ4n) is 3.64. The number of carbonyl (C=O) groups excluding carboxylic acids is 1.